The molecule has 1 saturated heterocycles. The molecule has 1 fully saturated rings. The summed E-state index contributed by atoms with van der Waals surface area (Å²) in [6.07, 6.45) is 2.04. The van der Waals surface area contributed by atoms with Gasteiger partial charge in [0.2, 0.25) is 5.91 Å². The van der Waals surface area contributed by atoms with E-state index >= 15 is 0 Å². The number of carbonyl (C=O) groups excluding carboxylic acids is 2. The summed E-state index contributed by atoms with van der Waals surface area (Å²) >= 11 is 0. The lowest BCUT2D eigenvalue weighted by Gasteiger charge is -2.25. The number of urea groups is 1. The Bertz CT molecular complexity index is 914. The van der Waals surface area contributed by atoms with Crippen LogP contribution in [0.5, 0.6) is 0 Å². The van der Waals surface area contributed by atoms with Crippen molar-refractivity contribution >= 4 is 17.6 Å². The van der Waals surface area contributed by atoms with Crippen molar-refractivity contribution in [3.05, 3.63) is 71.5 Å². The Kier molecular flexibility index (Phi) is 5.55. The van der Waals surface area contributed by atoms with Crippen LogP contribution >= 0.6 is 0 Å². The maximum atomic E-state index is 13.3. The van der Waals surface area contributed by atoms with Gasteiger partial charge in [-0.1, -0.05) is 42.5 Å². The maximum Gasteiger partial charge on any atom is 0.337 e. The van der Waals surface area contributed by atoms with Crippen molar-refractivity contribution in [1.29, 1.82) is 0 Å². The fourth-order valence-corrected chi connectivity index (χ4v) is 3.78. The molecule has 1 N–H and O–H groups in total. The number of likely N-dealkylation sites (tertiary alicyclic amines) is 1. The third-order valence-corrected chi connectivity index (χ3v) is 5.28. The first-order valence-corrected chi connectivity index (χ1v) is 9.85. The Labute approximate surface area is 169 Å². The van der Waals surface area contributed by atoms with E-state index in [1.807, 2.05) is 30.3 Å². The molecule has 2 aliphatic rings. The summed E-state index contributed by atoms with van der Waals surface area (Å²) in [5.41, 5.74) is 2.49. The normalized spacial score (nSPS) is 18.9. The van der Waals surface area contributed by atoms with Crippen molar-refractivity contribution in [2.24, 2.45) is 5.10 Å². The maximum absolute atomic E-state index is 13.3. The Morgan fingerprint density at radius 3 is 2.59 bits per heavy atom. The zero-order chi connectivity index (χ0) is 20.2. The molecular formula is C22H23FN4O2. The van der Waals surface area contributed by atoms with E-state index in [2.05, 4.69) is 10.4 Å². The van der Waals surface area contributed by atoms with Crippen molar-refractivity contribution in [2.45, 2.75) is 25.3 Å². The number of hydrazone groups is 1. The zero-order valence-electron chi connectivity index (χ0n) is 16.1. The largest absolute Gasteiger partial charge is 0.337 e. The standard InChI is InChI=1S/C22H23FN4O2/c23-18-10-8-17(9-11-18)21-19(26-14-4-7-20(26)28)15-27(25-21)22(29)24-13-12-16-5-2-1-3-6-16/h1-3,5-6,8-11,19H,4,7,12-15H2,(H,24,29). The van der Waals surface area contributed by atoms with Crippen molar-refractivity contribution in [3.8, 4) is 0 Å². The van der Waals surface area contributed by atoms with Crippen LogP contribution in [0.25, 0.3) is 0 Å². The van der Waals surface area contributed by atoms with Gasteiger partial charge in [0.05, 0.1) is 18.3 Å². The Hall–Kier alpha value is -3.22. The Morgan fingerprint density at radius 2 is 1.90 bits per heavy atom. The molecule has 150 valence electrons. The number of nitrogens with one attached hydrogen (secondary N) is 1. The Morgan fingerprint density at radius 1 is 1.14 bits per heavy atom. The zero-order valence-corrected chi connectivity index (χ0v) is 16.1. The molecule has 0 bridgehead atoms. The fraction of sp³-hybridized carbons (Fsp3) is 0.318. The third kappa shape index (κ3) is 4.29. The first-order chi connectivity index (χ1) is 14.1. The highest BCUT2D eigenvalue weighted by atomic mass is 19.1. The lowest BCUT2D eigenvalue weighted by atomic mass is 10.0. The second-order valence-electron chi connectivity index (χ2n) is 7.25. The molecule has 1 unspecified atom stereocenters. The molecule has 2 heterocycles. The van der Waals surface area contributed by atoms with Crippen LogP contribution in [-0.4, -0.2) is 53.2 Å². The molecule has 1 atom stereocenters. The molecule has 0 radical (unpaired) electrons. The minimum Gasteiger partial charge on any atom is -0.336 e. The van der Waals surface area contributed by atoms with E-state index in [0.29, 0.717) is 31.8 Å². The number of rotatable bonds is 5. The van der Waals surface area contributed by atoms with Crippen LogP contribution in [0.3, 0.4) is 0 Å². The average Bonchev–Trinajstić information content (AvgIpc) is 3.35. The predicted octanol–water partition coefficient (Wildman–Crippen LogP) is 2.79. The number of hydrogen-bond donors (Lipinski definition) is 1. The first-order valence-electron chi connectivity index (χ1n) is 9.85. The highest BCUT2D eigenvalue weighted by Gasteiger charge is 2.38. The van der Waals surface area contributed by atoms with E-state index in [9.17, 15) is 14.0 Å². The van der Waals surface area contributed by atoms with Crippen LogP contribution in [0.4, 0.5) is 9.18 Å². The molecule has 3 amide bonds. The van der Waals surface area contributed by atoms with Gasteiger partial charge in [0, 0.05) is 25.1 Å². The highest BCUT2D eigenvalue weighted by Crippen LogP contribution is 2.23. The molecule has 2 aliphatic heterocycles. The number of hydrogen-bond acceptors (Lipinski definition) is 3. The average molecular weight is 394 g/mol. The van der Waals surface area contributed by atoms with Crippen molar-refractivity contribution in [3.63, 3.8) is 0 Å². The van der Waals surface area contributed by atoms with Crippen LogP contribution in [-0.2, 0) is 11.2 Å². The van der Waals surface area contributed by atoms with Gasteiger partial charge in [0.25, 0.3) is 0 Å². The van der Waals surface area contributed by atoms with Crippen LogP contribution in [0.2, 0.25) is 0 Å². The van der Waals surface area contributed by atoms with Crippen molar-refractivity contribution in [2.75, 3.05) is 19.6 Å². The fourth-order valence-electron chi connectivity index (χ4n) is 3.78. The van der Waals surface area contributed by atoms with Crippen molar-refractivity contribution in [1.82, 2.24) is 15.2 Å². The number of amides is 3. The highest BCUT2D eigenvalue weighted by molar-refractivity contribution is 6.08. The van der Waals surface area contributed by atoms with Gasteiger partial charge in [-0.05, 0) is 30.5 Å². The SMILES string of the molecule is O=C(NCCc1ccccc1)N1CC(N2CCCC2=O)C(c2ccc(F)cc2)=N1. The smallest absolute Gasteiger partial charge is 0.336 e. The summed E-state index contributed by atoms with van der Waals surface area (Å²) in [6.45, 7) is 1.44. The topological polar surface area (TPSA) is 65.0 Å². The van der Waals surface area contributed by atoms with Gasteiger partial charge in [-0.3, -0.25) is 4.79 Å². The van der Waals surface area contributed by atoms with Crippen LogP contribution < -0.4 is 5.32 Å². The van der Waals surface area contributed by atoms with Gasteiger partial charge >= 0.3 is 6.03 Å². The Balaban J connectivity index is 1.47. The van der Waals surface area contributed by atoms with Gasteiger partial charge in [0.1, 0.15) is 5.82 Å². The van der Waals surface area contributed by atoms with E-state index in [1.54, 1.807) is 17.0 Å². The van der Waals surface area contributed by atoms with Gasteiger partial charge in [-0.2, -0.15) is 5.10 Å². The van der Waals surface area contributed by atoms with E-state index in [0.717, 1.165) is 24.0 Å². The summed E-state index contributed by atoms with van der Waals surface area (Å²) in [5.74, 6) is -0.271. The summed E-state index contributed by atoms with van der Waals surface area (Å²) in [7, 11) is 0. The predicted molar refractivity (Wildman–Crippen MR) is 108 cm³/mol. The number of benzene rings is 2. The van der Waals surface area contributed by atoms with Crippen molar-refractivity contribution < 1.29 is 14.0 Å². The quantitative estimate of drug-likeness (QED) is 0.848. The lowest BCUT2D eigenvalue weighted by molar-refractivity contribution is -0.128. The van der Waals surface area contributed by atoms with E-state index in [-0.39, 0.29) is 23.8 Å². The second kappa shape index (κ2) is 8.43. The molecule has 0 aliphatic carbocycles. The minimum atomic E-state index is -0.336. The second-order valence-corrected chi connectivity index (χ2v) is 7.25. The van der Waals surface area contributed by atoms with Crippen LogP contribution in [0.1, 0.15) is 24.0 Å². The van der Waals surface area contributed by atoms with Gasteiger partial charge in [-0.15, -0.1) is 0 Å². The number of halogens is 1. The van der Waals surface area contributed by atoms with Crippen LogP contribution in [0.15, 0.2) is 59.7 Å². The molecular weight excluding hydrogens is 371 g/mol. The molecule has 6 nitrogen and oxygen atoms in total. The summed E-state index contributed by atoms with van der Waals surface area (Å²) in [6, 6.07) is 15.3. The molecule has 0 spiro atoms. The molecule has 2 aromatic carbocycles. The molecule has 29 heavy (non-hydrogen) atoms. The molecule has 4 rings (SSSR count). The van der Waals surface area contributed by atoms with E-state index < -0.39 is 0 Å². The number of carbonyl (C=O) groups is 2. The minimum absolute atomic E-state index is 0.0659. The molecule has 0 aromatic heterocycles. The van der Waals surface area contributed by atoms with Gasteiger partial charge in [-0.25, -0.2) is 14.2 Å². The molecule has 7 heteroatoms. The lowest BCUT2D eigenvalue weighted by Crippen LogP contribution is -2.46. The van der Waals surface area contributed by atoms with E-state index in [4.69, 9.17) is 0 Å². The summed E-state index contributed by atoms with van der Waals surface area (Å²) < 4.78 is 13.3. The van der Waals surface area contributed by atoms with Crippen LogP contribution in [0, 0.1) is 5.82 Å². The van der Waals surface area contributed by atoms with Gasteiger partial charge in [0.15, 0.2) is 0 Å². The molecule has 2 aromatic rings. The third-order valence-electron chi connectivity index (χ3n) is 5.28. The van der Waals surface area contributed by atoms with Gasteiger partial charge < -0.3 is 10.2 Å². The monoisotopic (exact) mass is 394 g/mol. The summed E-state index contributed by atoms with van der Waals surface area (Å²) in [5, 5.41) is 8.76. The number of nitrogens with zero attached hydrogens (tertiary/aromatic N) is 3. The first kappa shape index (κ1) is 19.1. The summed E-state index contributed by atoms with van der Waals surface area (Å²) in [4.78, 5) is 26.7. The van der Waals surface area contributed by atoms with E-state index in [1.165, 1.54) is 17.1 Å². The molecule has 0 saturated carbocycles.